The van der Waals surface area contributed by atoms with Gasteiger partial charge in [0.1, 0.15) is 23.5 Å². The molecule has 0 spiro atoms. The van der Waals surface area contributed by atoms with Crippen LogP contribution in [0.15, 0.2) is 90.1 Å². The minimum absolute atomic E-state index is 0.00911. The van der Waals surface area contributed by atoms with Gasteiger partial charge < -0.3 is 23.4 Å². The van der Waals surface area contributed by atoms with Crippen molar-refractivity contribution < 1.29 is 36.5 Å². The summed E-state index contributed by atoms with van der Waals surface area (Å²) < 4.78 is 75.3. The van der Waals surface area contributed by atoms with Crippen molar-refractivity contribution in [2.75, 3.05) is 13.7 Å². The molecule has 2 fully saturated rings. The average molecular weight is 658 g/mol. The number of alkyl halides is 1. The molecule has 3 aromatic heterocycles. The van der Waals surface area contributed by atoms with E-state index < -0.39 is 51.5 Å². The van der Waals surface area contributed by atoms with Crippen molar-refractivity contribution in [1.82, 2.24) is 25.0 Å². The van der Waals surface area contributed by atoms with Gasteiger partial charge in [0, 0.05) is 36.2 Å². The van der Waals surface area contributed by atoms with Crippen LogP contribution in [0.5, 0.6) is 0 Å². The lowest BCUT2D eigenvalue weighted by Gasteiger charge is -2.61. The fourth-order valence-electron chi connectivity index (χ4n) is 6.14. The van der Waals surface area contributed by atoms with Crippen molar-refractivity contribution in [2.45, 2.75) is 34.0 Å². The van der Waals surface area contributed by atoms with Crippen molar-refractivity contribution in [3.8, 4) is 11.3 Å². The number of aromatic nitrogens is 5. The second-order valence-electron chi connectivity index (χ2n) is 10.4. The Morgan fingerprint density at radius 2 is 1.84 bits per heavy atom. The standard InChI is InChI=1S/C30H23ClF3N5O5S/c1-40-30(26-36-10-11-41-26)27(45)44-28(31)16-42-24(17-6-3-2-4-7-17)43-25(28)29(30,19-8-5-9-35-14-19)39-15-22(37-38-39)18-12-20(32)23(34)21(33)13-18/h2-15,24-25,27,45H,16H2,1H3/t24?,25-,27+,28-,29?,30-/m0/s1. The molecule has 0 N–H and O–H groups in total. The highest BCUT2D eigenvalue weighted by Gasteiger charge is 2.77. The number of benzene rings is 2. The average Bonchev–Trinajstić information content (AvgIpc) is 3.77. The topological polar surface area (TPSA) is 107 Å². The number of thiol groups is 1. The zero-order valence-electron chi connectivity index (χ0n) is 23.3. The quantitative estimate of drug-likeness (QED) is 0.147. The molecular formula is C30H23ClF3N5O5S. The van der Waals surface area contributed by atoms with E-state index in [0.29, 0.717) is 11.1 Å². The highest BCUT2D eigenvalue weighted by Crippen LogP contribution is 2.61. The van der Waals surface area contributed by atoms with Crippen molar-refractivity contribution in [3.05, 3.63) is 120 Å². The van der Waals surface area contributed by atoms with Crippen LogP contribution < -0.4 is 0 Å². The Bertz CT molecular complexity index is 1800. The number of oxazole rings is 1. The number of hydrogen-bond acceptors (Lipinski definition) is 10. The summed E-state index contributed by atoms with van der Waals surface area (Å²) >= 11 is 12.1. The largest absolute Gasteiger partial charge is 0.446 e. The summed E-state index contributed by atoms with van der Waals surface area (Å²) in [5, 5.41) is 6.92. The maximum Gasteiger partial charge on any atom is 0.233 e. The lowest BCUT2D eigenvalue weighted by atomic mass is 9.67. The number of hydrogen-bond donors (Lipinski definition) is 1. The van der Waals surface area contributed by atoms with Crippen LogP contribution in [0, 0.1) is 17.5 Å². The normalized spacial score (nSPS) is 29.8. The highest BCUT2D eigenvalue weighted by molar-refractivity contribution is 7.80. The van der Waals surface area contributed by atoms with E-state index in [2.05, 4.69) is 20.3 Å². The van der Waals surface area contributed by atoms with Gasteiger partial charge in [0.15, 0.2) is 34.3 Å². The van der Waals surface area contributed by atoms with Gasteiger partial charge >= 0.3 is 0 Å². The Kier molecular flexibility index (Phi) is 7.46. The number of ether oxygens (including phenoxy) is 4. The minimum Gasteiger partial charge on any atom is -0.446 e. The number of fused-ring (bicyclic) bond motifs is 1. The van der Waals surface area contributed by atoms with Gasteiger partial charge in [0.25, 0.3) is 0 Å². The van der Waals surface area contributed by atoms with E-state index in [1.54, 1.807) is 24.5 Å². The first-order chi connectivity index (χ1) is 21.7. The van der Waals surface area contributed by atoms with Crippen LogP contribution in [-0.4, -0.2) is 55.3 Å². The summed E-state index contributed by atoms with van der Waals surface area (Å²) in [7, 11) is 1.40. The van der Waals surface area contributed by atoms with Gasteiger partial charge in [0.2, 0.25) is 11.5 Å². The molecule has 2 aliphatic heterocycles. The molecule has 45 heavy (non-hydrogen) atoms. The van der Waals surface area contributed by atoms with Crippen LogP contribution in [0.4, 0.5) is 13.2 Å². The molecule has 10 nitrogen and oxygen atoms in total. The van der Waals surface area contributed by atoms with E-state index in [1.165, 1.54) is 30.4 Å². The SMILES string of the molecule is CO[C@@]1(c2ncco2)[C@@H](S)O[C@@]2(Cl)COC(c3ccccc3)O[C@@H]2C1(c1cccnc1)n1cc(-c2cc(F)c(F)c(F)c2)nn1. The summed E-state index contributed by atoms with van der Waals surface area (Å²) in [6.07, 6.45) is 5.09. The highest BCUT2D eigenvalue weighted by atomic mass is 35.5. The maximum absolute atomic E-state index is 14.3. The zero-order valence-corrected chi connectivity index (χ0v) is 24.9. The van der Waals surface area contributed by atoms with Crippen LogP contribution >= 0.6 is 24.2 Å². The third kappa shape index (κ3) is 4.42. The van der Waals surface area contributed by atoms with Gasteiger partial charge in [-0.05, 0) is 18.2 Å². The molecule has 0 saturated carbocycles. The first kappa shape index (κ1) is 29.9. The zero-order chi connectivity index (χ0) is 31.4. The summed E-state index contributed by atoms with van der Waals surface area (Å²) in [5.74, 6) is -4.40. The van der Waals surface area contributed by atoms with E-state index >= 15 is 0 Å². The minimum atomic E-state index is -1.82. The first-order valence-electron chi connectivity index (χ1n) is 13.5. The van der Waals surface area contributed by atoms with Gasteiger partial charge in [-0.1, -0.05) is 53.2 Å². The van der Waals surface area contributed by atoms with Gasteiger partial charge in [-0.15, -0.1) is 17.7 Å². The van der Waals surface area contributed by atoms with Crippen LogP contribution in [0.1, 0.15) is 23.3 Å². The molecule has 5 heterocycles. The molecule has 7 rings (SSSR count). The predicted molar refractivity (Wildman–Crippen MR) is 154 cm³/mol. The number of nitrogens with zero attached hydrogens (tertiary/aromatic N) is 5. The van der Waals surface area contributed by atoms with Crippen LogP contribution in [0.3, 0.4) is 0 Å². The summed E-state index contributed by atoms with van der Waals surface area (Å²) in [5.41, 5.74) is -3.82. The van der Waals surface area contributed by atoms with Crippen molar-refractivity contribution in [2.24, 2.45) is 0 Å². The smallest absolute Gasteiger partial charge is 0.233 e. The van der Waals surface area contributed by atoms with Crippen LogP contribution in [-0.2, 0) is 30.1 Å². The van der Waals surface area contributed by atoms with Gasteiger partial charge in [-0.25, -0.2) is 22.8 Å². The molecule has 232 valence electrons. The van der Waals surface area contributed by atoms with Gasteiger partial charge in [0.05, 0.1) is 19.0 Å². The Morgan fingerprint density at radius 1 is 1.07 bits per heavy atom. The van der Waals surface area contributed by atoms with E-state index in [1.807, 2.05) is 30.3 Å². The summed E-state index contributed by atoms with van der Waals surface area (Å²) in [6, 6.07) is 14.2. The van der Waals surface area contributed by atoms with E-state index in [0.717, 1.165) is 12.1 Å². The lowest BCUT2D eigenvalue weighted by molar-refractivity contribution is -0.364. The summed E-state index contributed by atoms with van der Waals surface area (Å²) in [4.78, 5) is 8.81. The predicted octanol–water partition coefficient (Wildman–Crippen LogP) is 5.37. The Morgan fingerprint density at radius 3 is 2.51 bits per heavy atom. The molecule has 0 bridgehead atoms. The van der Waals surface area contributed by atoms with Gasteiger partial charge in [-0.2, -0.15) is 0 Å². The second-order valence-corrected chi connectivity index (χ2v) is 11.5. The summed E-state index contributed by atoms with van der Waals surface area (Å²) in [6.45, 7) is -0.181. The van der Waals surface area contributed by atoms with Crippen LogP contribution in [0.2, 0.25) is 0 Å². The lowest BCUT2D eigenvalue weighted by Crippen LogP contribution is -2.77. The Hall–Kier alpha value is -3.79. The molecule has 2 aromatic carbocycles. The van der Waals surface area contributed by atoms with E-state index in [9.17, 15) is 13.2 Å². The molecular weight excluding hydrogens is 635 g/mol. The molecule has 0 aliphatic carbocycles. The van der Waals surface area contributed by atoms with Gasteiger partial charge in [-0.3, -0.25) is 4.98 Å². The van der Waals surface area contributed by atoms with Crippen LogP contribution in [0.25, 0.3) is 11.3 Å². The molecule has 0 amide bonds. The molecule has 6 atom stereocenters. The molecule has 0 radical (unpaired) electrons. The van der Waals surface area contributed by atoms with Crippen molar-refractivity contribution in [1.29, 1.82) is 0 Å². The molecule has 2 unspecified atom stereocenters. The fourth-order valence-corrected chi connectivity index (χ4v) is 7.16. The first-order valence-corrected chi connectivity index (χ1v) is 14.4. The number of halogens is 4. The van der Waals surface area contributed by atoms with Crippen molar-refractivity contribution in [3.63, 3.8) is 0 Å². The van der Waals surface area contributed by atoms with E-state index in [-0.39, 0.29) is 23.8 Å². The Balaban J connectivity index is 1.54. The molecule has 5 aromatic rings. The fraction of sp³-hybridized carbons (Fsp3) is 0.267. The molecule has 15 heteroatoms. The van der Waals surface area contributed by atoms with E-state index in [4.69, 9.17) is 47.6 Å². The maximum atomic E-state index is 14.3. The molecule has 2 aliphatic rings. The molecule has 2 saturated heterocycles. The van der Waals surface area contributed by atoms with Crippen molar-refractivity contribution >= 4 is 24.2 Å². The number of pyridine rings is 1. The number of rotatable bonds is 6. The second kappa shape index (κ2) is 11.2. The third-order valence-corrected chi connectivity index (χ3v) is 8.93. The monoisotopic (exact) mass is 657 g/mol. The Labute approximate surface area is 264 Å². The third-order valence-electron chi connectivity index (χ3n) is 8.06. The number of methoxy groups -OCH3 is 1.